The molecule has 2 N–H and O–H groups in total. The lowest BCUT2D eigenvalue weighted by Gasteiger charge is -2.05. The molecule has 0 saturated carbocycles. The molecule has 0 atom stereocenters. The minimum absolute atomic E-state index is 0.358. The van der Waals surface area contributed by atoms with Gasteiger partial charge in [0.2, 0.25) is 0 Å². The van der Waals surface area contributed by atoms with Crippen LogP contribution in [0.3, 0.4) is 0 Å². The molecule has 0 unspecified atom stereocenters. The highest BCUT2D eigenvalue weighted by Gasteiger charge is 2.04. The first-order valence-corrected chi connectivity index (χ1v) is 5.75. The standard InChI is InChI=1S/C13H15N3O2/c1-3-18-13(17)14-11-6-4-10(5-7-11)12-8-9(2)15-16-12/h4-8H,3H2,1-2H3,(H,14,17)(H,15,16). The number of hydrogen-bond acceptors (Lipinski definition) is 3. The highest BCUT2D eigenvalue weighted by molar-refractivity contribution is 5.85. The van der Waals surface area contributed by atoms with Crippen LogP contribution in [0.2, 0.25) is 0 Å². The van der Waals surface area contributed by atoms with Crippen LogP contribution < -0.4 is 5.32 Å². The van der Waals surface area contributed by atoms with E-state index >= 15 is 0 Å². The normalized spacial score (nSPS) is 10.1. The average Bonchev–Trinajstić information content (AvgIpc) is 2.77. The van der Waals surface area contributed by atoms with Crippen LogP contribution in [0, 0.1) is 6.92 Å². The number of rotatable bonds is 3. The van der Waals surface area contributed by atoms with E-state index in [9.17, 15) is 4.79 Å². The number of hydrogen-bond donors (Lipinski definition) is 2. The third-order valence-corrected chi connectivity index (χ3v) is 2.41. The van der Waals surface area contributed by atoms with E-state index in [1.807, 2.05) is 37.3 Å². The molecule has 1 heterocycles. The Hall–Kier alpha value is -2.30. The second kappa shape index (κ2) is 5.35. The molecule has 0 radical (unpaired) electrons. The summed E-state index contributed by atoms with van der Waals surface area (Å²) >= 11 is 0. The fourth-order valence-corrected chi connectivity index (χ4v) is 1.58. The van der Waals surface area contributed by atoms with Crippen molar-refractivity contribution in [1.82, 2.24) is 10.2 Å². The Bertz CT molecular complexity index is 531. The van der Waals surface area contributed by atoms with Gasteiger partial charge in [0.15, 0.2) is 0 Å². The van der Waals surface area contributed by atoms with Crippen LogP contribution in [0.25, 0.3) is 11.3 Å². The topological polar surface area (TPSA) is 67.0 Å². The summed E-state index contributed by atoms with van der Waals surface area (Å²) < 4.78 is 4.80. The number of ether oxygens (including phenoxy) is 1. The van der Waals surface area contributed by atoms with E-state index in [1.165, 1.54) is 0 Å². The molecular weight excluding hydrogens is 230 g/mol. The van der Waals surface area contributed by atoms with E-state index in [2.05, 4.69) is 15.5 Å². The Balaban J connectivity index is 2.08. The van der Waals surface area contributed by atoms with Gasteiger partial charge in [-0.15, -0.1) is 0 Å². The number of amides is 1. The first kappa shape index (κ1) is 12.2. The summed E-state index contributed by atoms with van der Waals surface area (Å²) in [5.41, 5.74) is 3.59. The van der Waals surface area contributed by atoms with E-state index in [0.29, 0.717) is 12.3 Å². The predicted molar refractivity (Wildman–Crippen MR) is 69.4 cm³/mol. The molecule has 1 aromatic carbocycles. The largest absolute Gasteiger partial charge is 0.450 e. The summed E-state index contributed by atoms with van der Waals surface area (Å²) in [5, 5.41) is 9.70. The number of benzene rings is 1. The molecule has 0 bridgehead atoms. The summed E-state index contributed by atoms with van der Waals surface area (Å²) in [6, 6.07) is 9.40. The molecule has 5 heteroatoms. The zero-order valence-corrected chi connectivity index (χ0v) is 10.4. The van der Waals surface area contributed by atoms with Crippen molar-refractivity contribution >= 4 is 11.8 Å². The second-order valence-electron chi connectivity index (χ2n) is 3.86. The van der Waals surface area contributed by atoms with Gasteiger partial charge in [0.05, 0.1) is 12.3 Å². The second-order valence-corrected chi connectivity index (χ2v) is 3.86. The third-order valence-electron chi connectivity index (χ3n) is 2.41. The number of aromatic nitrogens is 2. The van der Waals surface area contributed by atoms with Crippen LogP contribution in [0.15, 0.2) is 30.3 Å². The first-order chi connectivity index (χ1) is 8.69. The molecular formula is C13H15N3O2. The highest BCUT2D eigenvalue weighted by Crippen LogP contribution is 2.20. The van der Waals surface area contributed by atoms with Crippen molar-refractivity contribution < 1.29 is 9.53 Å². The van der Waals surface area contributed by atoms with Crippen molar-refractivity contribution in [2.24, 2.45) is 0 Å². The SMILES string of the molecule is CCOC(=O)Nc1ccc(-c2cc(C)[nH]n2)cc1. The first-order valence-electron chi connectivity index (χ1n) is 5.75. The molecule has 0 aliphatic carbocycles. The fourth-order valence-electron chi connectivity index (χ4n) is 1.58. The summed E-state index contributed by atoms with van der Waals surface area (Å²) in [7, 11) is 0. The lowest BCUT2D eigenvalue weighted by Crippen LogP contribution is -2.12. The van der Waals surface area contributed by atoms with E-state index in [-0.39, 0.29) is 0 Å². The van der Waals surface area contributed by atoms with Gasteiger partial charge in [-0.1, -0.05) is 12.1 Å². The number of H-pyrrole nitrogens is 1. The van der Waals surface area contributed by atoms with Crippen molar-refractivity contribution in [2.45, 2.75) is 13.8 Å². The Morgan fingerprint density at radius 2 is 2.11 bits per heavy atom. The summed E-state index contributed by atoms with van der Waals surface area (Å²) in [5.74, 6) is 0. The minimum atomic E-state index is -0.444. The van der Waals surface area contributed by atoms with Gasteiger partial charge in [-0.05, 0) is 32.0 Å². The maximum atomic E-state index is 11.2. The van der Waals surface area contributed by atoms with E-state index in [1.54, 1.807) is 6.92 Å². The van der Waals surface area contributed by atoms with Gasteiger partial charge in [0.1, 0.15) is 0 Å². The average molecular weight is 245 g/mol. The molecule has 0 aliphatic heterocycles. The van der Waals surface area contributed by atoms with Crippen LogP contribution in [-0.4, -0.2) is 22.9 Å². The Morgan fingerprint density at radius 1 is 1.39 bits per heavy atom. The molecule has 1 amide bonds. The maximum absolute atomic E-state index is 11.2. The van der Waals surface area contributed by atoms with Crippen LogP contribution in [-0.2, 0) is 4.74 Å². The molecule has 18 heavy (non-hydrogen) atoms. The summed E-state index contributed by atoms with van der Waals surface area (Å²) in [6.45, 7) is 4.08. The van der Waals surface area contributed by atoms with E-state index in [4.69, 9.17) is 4.74 Å². The van der Waals surface area contributed by atoms with Gasteiger partial charge in [-0.2, -0.15) is 5.10 Å². The van der Waals surface area contributed by atoms with Crippen LogP contribution in [0.5, 0.6) is 0 Å². The van der Waals surface area contributed by atoms with Crippen molar-refractivity contribution in [1.29, 1.82) is 0 Å². The number of anilines is 1. The Kier molecular flexibility index (Phi) is 3.62. The van der Waals surface area contributed by atoms with Gasteiger partial charge < -0.3 is 4.74 Å². The van der Waals surface area contributed by atoms with Crippen LogP contribution >= 0.6 is 0 Å². The lowest BCUT2D eigenvalue weighted by atomic mass is 10.1. The molecule has 0 aliphatic rings. The summed E-state index contributed by atoms with van der Waals surface area (Å²) in [4.78, 5) is 11.2. The fraction of sp³-hybridized carbons (Fsp3) is 0.231. The Morgan fingerprint density at radius 3 is 2.67 bits per heavy atom. The van der Waals surface area contributed by atoms with Gasteiger partial charge in [-0.25, -0.2) is 4.79 Å². The molecule has 94 valence electrons. The number of carbonyl (C=O) groups excluding carboxylic acids is 1. The van der Waals surface area contributed by atoms with E-state index in [0.717, 1.165) is 17.0 Å². The molecule has 2 rings (SSSR count). The van der Waals surface area contributed by atoms with Crippen molar-refractivity contribution in [2.75, 3.05) is 11.9 Å². The van der Waals surface area contributed by atoms with Crippen molar-refractivity contribution in [3.63, 3.8) is 0 Å². The molecule has 2 aromatic rings. The predicted octanol–water partition coefficient (Wildman–Crippen LogP) is 2.95. The number of aromatic amines is 1. The Labute approximate surface area is 105 Å². The summed E-state index contributed by atoms with van der Waals surface area (Å²) in [6.07, 6.45) is -0.444. The number of aryl methyl sites for hydroxylation is 1. The quantitative estimate of drug-likeness (QED) is 0.873. The zero-order valence-electron chi connectivity index (χ0n) is 10.4. The van der Waals surface area contributed by atoms with Gasteiger partial charge in [-0.3, -0.25) is 10.4 Å². The van der Waals surface area contributed by atoms with Crippen molar-refractivity contribution in [3.05, 3.63) is 36.0 Å². The maximum Gasteiger partial charge on any atom is 0.411 e. The van der Waals surface area contributed by atoms with Gasteiger partial charge in [0.25, 0.3) is 0 Å². The molecule has 0 saturated heterocycles. The molecule has 0 fully saturated rings. The molecule has 5 nitrogen and oxygen atoms in total. The highest BCUT2D eigenvalue weighted by atomic mass is 16.5. The third kappa shape index (κ3) is 2.88. The minimum Gasteiger partial charge on any atom is -0.450 e. The van der Waals surface area contributed by atoms with Crippen LogP contribution in [0.4, 0.5) is 10.5 Å². The van der Waals surface area contributed by atoms with Crippen molar-refractivity contribution in [3.8, 4) is 11.3 Å². The monoisotopic (exact) mass is 245 g/mol. The molecule has 0 spiro atoms. The van der Waals surface area contributed by atoms with Gasteiger partial charge >= 0.3 is 6.09 Å². The van der Waals surface area contributed by atoms with E-state index < -0.39 is 6.09 Å². The number of nitrogens with one attached hydrogen (secondary N) is 2. The number of carbonyl (C=O) groups is 1. The molecule has 1 aromatic heterocycles. The number of nitrogens with zero attached hydrogens (tertiary/aromatic N) is 1. The van der Waals surface area contributed by atoms with Gasteiger partial charge in [0, 0.05) is 16.9 Å². The van der Waals surface area contributed by atoms with Crippen LogP contribution in [0.1, 0.15) is 12.6 Å². The zero-order chi connectivity index (χ0) is 13.0. The lowest BCUT2D eigenvalue weighted by molar-refractivity contribution is 0.168. The smallest absolute Gasteiger partial charge is 0.411 e.